The van der Waals surface area contributed by atoms with E-state index in [2.05, 4.69) is 0 Å². The molecule has 0 bridgehead atoms. The monoisotopic (exact) mass is 226 g/mol. The van der Waals surface area contributed by atoms with Crippen molar-refractivity contribution < 1.29 is 19.2 Å². The SMILES string of the molecule is COc1cc([N+](=O)[O-])c(OC)cc1C(N)=O. The van der Waals surface area contributed by atoms with E-state index in [0.29, 0.717) is 0 Å². The Hall–Kier alpha value is -2.31. The molecular weight excluding hydrogens is 216 g/mol. The van der Waals surface area contributed by atoms with Crippen molar-refractivity contribution in [3.63, 3.8) is 0 Å². The van der Waals surface area contributed by atoms with Crippen LogP contribution < -0.4 is 15.2 Å². The lowest BCUT2D eigenvalue weighted by Gasteiger charge is -2.08. The first-order valence-electron chi connectivity index (χ1n) is 4.21. The summed E-state index contributed by atoms with van der Waals surface area (Å²) in [6, 6.07) is 2.28. The highest BCUT2D eigenvalue weighted by Gasteiger charge is 2.21. The molecule has 7 nitrogen and oxygen atoms in total. The lowest BCUT2D eigenvalue weighted by atomic mass is 10.1. The Morgan fingerprint density at radius 3 is 2.25 bits per heavy atom. The van der Waals surface area contributed by atoms with Crippen molar-refractivity contribution in [2.45, 2.75) is 0 Å². The molecule has 16 heavy (non-hydrogen) atoms. The van der Waals surface area contributed by atoms with Gasteiger partial charge in [-0.1, -0.05) is 0 Å². The third kappa shape index (κ3) is 2.02. The predicted molar refractivity (Wildman–Crippen MR) is 54.7 cm³/mol. The van der Waals surface area contributed by atoms with Crippen LogP contribution in [0, 0.1) is 10.1 Å². The molecule has 0 aliphatic heterocycles. The minimum Gasteiger partial charge on any atom is -0.496 e. The van der Waals surface area contributed by atoms with Crippen LogP contribution in [0.2, 0.25) is 0 Å². The van der Waals surface area contributed by atoms with Crippen molar-refractivity contribution in [2.24, 2.45) is 5.73 Å². The lowest BCUT2D eigenvalue weighted by Crippen LogP contribution is -2.13. The highest BCUT2D eigenvalue weighted by molar-refractivity contribution is 5.96. The van der Waals surface area contributed by atoms with Crippen molar-refractivity contribution in [2.75, 3.05) is 14.2 Å². The summed E-state index contributed by atoms with van der Waals surface area (Å²) in [4.78, 5) is 21.1. The first-order chi connectivity index (χ1) is 7.51. The van der Waals surface area contributed by atoms with E-state index in [9.17, 15) is 14.9 Å². The van der Waals surface area contributed by atoms with Gasteiger partial charge in [0.25, 0.3) is 5.91 Å². The summed E-state index contributed by atoms with van der Waals surface area (Å²) in [7, 11) is 2.55. The molecule has 0 aromatic heterocycles. The number of hydrogen-bond donors (Lipinski definition) is 1. The van der Waals surface area contributed by atoms with E-state index >= 15 is 0 Å². The molecule has 86 valence electrons. The fourth-order valence-electron chi connectivity index (χ4n) is 1.22. The number of carbonyl (C=O) groups excluding carboxylic acids is 1. The van der Waals surface area contributed by atoms with Crippen molar-refractivity contribution in [3.05, 3.63) is 27.8 Å². The second kappa shape index (κ2) is 4.47. The molecule has 0 saturated carbocycles. The van der Waals surface area contributed by atoms with E-state index in [0.717, 1.165) is 6.07 Å². The average molecular weight is 226 g/mol. The van der Waals surface area contributed by atoms with Gasteiger partial charge in [0.15, 0.2) is 5.75 Å². The normalized spacial score (nSPS) is 9.62. The van der Waals surface area contributed by atoms with Crippen LogP contribution in [0.25, 0.3) is 0 Å². The van der Waals surface area contributed by atoms with Crippen LogP contribution in [0.1, 0.15) is 10.4 Å². The minimum absolute atomic E-state index is 0.0324. The van der Waals surface area contributed by atoms with E-state index in [-0.39, 0.29) is 22.7 Å². The van der Waals surface area contributed by atoms with Gasteiger partial charge in [-0.05, 0) is 0 Å². The minimum atomic E-state index is -0.745. The zero-order valence-corrected chi connectivity index (χ0v) is 8.72. The maximum absolute atomic E-state index is 11.0. The van der Waals surface area contributed by atoms with Crippen molar-refractivity contribution in [1.82, 2.24) is 0 Å². The Labute approximate surface area is 90.9 Å². The summed E-state index contributed by atoms with van der Waals surface area (Å²) >= 11 is 0. The lowest BCUT2D eigenvalue weighted by molar-refractivity contribution is -0.385. The van der Waals surface area contributed by atoms with Crippen LogP contribution in [-0.2, 0) is 0 Å². The number of methoxy groups -OCH3 is 2. The largest absolute Gasteiger partial charge is 0.496 e. The molecule has 1 aromatic carbocycles. The van der Waals surface area contributed by atoms with Gasteiger partial charge < -0.3 is 15.2 Å². The Kier molecular flexibility index (Phi) is 3.29. The molecule has 0 atom stereocenters. The molecule has 7 heteroatoms. The summed E-state index contributed by atoms with van der Waals surface area (Å²) in [5.74, 6) is -0.746. The third-order valence-corrected chi connectivity index (χ3v) is 1.96. The van der Waals surface area contributed by atoms with Gasteiger partial charge in [0.1, 0.15) is 5.75 Å². The van der Waals surface area contributed by atoms with Gasteiger partial charge in [-0.2, -0.15) is 0 Å². The number of nitrogens with two attached hydrogens (primary N) is 1. The van der Waals surface area contributed by atoms with Gasteiger partial charge in [-0.3, -0.25) is 14.9 Å². The van der Waals surface area contributed by atoms with Crippen LogP contribution in [-0.4, -0.2) is 25.1 Å². The second-order valence-electron chi connectivity index (χ2n) is 2.85. The Bertz CT molecular complexity index is 402. The van der Waals surface area contributed by atoms with E-state index in [1.807, 2.05) is 0 Å². The molecule has 2 N–H and O–H groups in total. The number of carbonyl (C=O) groups is 1. The van der Waals surface area contributed by atoms with Crippen LogP contribution in [0.5, 0.6) is 11.5 Å². The molecule has 0 aliphatic carbocycles. The summed E-state index contributed by atoms with van der Waals surface area (Å²) in [6.07, 6.45) is 0. The van der Waals surface area contributed by atoms with E-state index in [1.165, 1.54) is 20.3 Å². The molecule has 0 unspecified atom stereocenters. The van der Waals surface area contributed by atoms with E-state index in [1.54, 1.807) is 0 Å². The molecule has 1 rings (SSSR count). The molecule has 0 saturated heterocycles. The number of benzene rings is 1. The summed E-state index contributed by atoms with van der Waals surface area (Å²) in [5.41, 5.74) is 4.84. The number of primary amides is 1. The fraction of sp³-hybridized carbons (Fsp3) is 0.222. The number of hydrogen-bond acceptors (Lipinski definition) is 5. The zero-order valence-electron chi connectivity index (χ0n) is 8.72. The zero-order chi connectivity index (χ0) is 12.3. The maximum Gasteiger partial charge on any atom is 0.314 e. The Morgan fingerprint density at radius 2 is 1.88 bits per heavy atom. The molecule has 0 fully saturated rings. The number of ether oxygens (including phenoxy) is 2. The molecule has 0 radical (unpaired) electrons. The van der Waals surface area contributed by atoms with Gasteiger partial charge in [-0.15, -0.1) is 0 Å². The van der Waals surface area contributed by atoms with Crippen molar-refractivity contribution >= 4 is 11.6 Å². The van der Waals surface area contributed by atoms with Crippen molar-refractivity contribution in [1.29, 1.82) is 0 Å². The van der Waals surface area contributed by atoms with E-state index < -0.39 is 10.8 Å². The van der Waals surface area contributed by atoms with Crippen LogP contribution in [0.4, 0.5) is 5.69 Å². The third-order valence-electron chi connectivity index (χ3n) is 1.96. The highest BCUT2D eigenvalue weighted by atomic mass is 16.6. The molecule has 0 aliphatic rings. The Morgan fingerprint density at radius 1 is 1.31 bits per heavy atom. The first-order valence-corrected chi connectivity index (χ1v) is 4.21. The van der Waals surface area contributed by atoms with Gasteiger partial charge in [0.2, 0.25) is 0 Å². The maximum atomic E-state index is 11.0. The highest BCUT2D eigenvalue weighted by Crippen LogP contribution is 2.33. The topological polar surface area (TPSA) is 105 Å². The molecular formula is C9H10N2O5. The standard InChI is InChI=1S/C9H10N2O5/c1-15-7-4-6(11(13)14)8(16-2)3-5(7)9(10)12/h3-4H,1-2H3,(H2,10,12). The number of amides is 1. The van der Waals surface area contributed by atoms with E-state index in [4.69, 9.17) is 15.2 Å². The van der Waals surface area contributed by atoms with Crippen molar-refractivity contribution in [3.8, 4) is 11.5 Å². The molecule has 1 amide bonds. The van der Waals surface area contributed by atoms with Crippen LogP contribution in [0.3, 0.4) is 0 Å². The number of nitro benzene ring substituents is 1. The molecule has 0 heterocycles. The smallest absolute Gasteiger partial charge is 0.314 e. The Balaban J connectivity index is 3.46. The van der Waals surface area contributed by atoms with Gasteiger partial charge >= 0.3 is 5.69 Å². The summed E-state index contributed by atoms with van der Waals surface area (Å²) in [6.45, 7) is 0. The van der Waals surface area contributed by atoms with Crippen LogP contribution >= 0.6 is 0 Å². The van der Waals surface area contributed by atoms with Gasteiger partial charge in [-0.25, -0.2) is 0 Å². The van der Waals surface area contributed by atoms with Crippen LogP contribution in [0.15, 0.2) is 12.1 Å². The summed E-state index contributed by atoms with van der Waals surface area (Å²) in [5, 5.41) is 10.7. The average Bonchev–Trinajstić information content (AvgIpc) is 2.26. The molecule has 1 aromatic rings. The second-order valence-corrected chi connectivity index (χ2v) is 2.85. The number of nitrogens with zero attached hydrogens (tertiary/aromatic N) is 1. The van der Waals surface area contributed by atoms with Gasteiger partial charge in [0, 0.05) is 6.07 Å². The van der Waals surface area contributed by atoms with Gasteiger partial charge in [0.05, 0.1) is 30.8 Å². The first kappa shape index (κ1) is 11.8. The quantitative estimate of drug-likeness (QED) is 0.601. The number of rotatable bonds is 4. The fourth-order valence-corrected chi connectivity index (χ4v) is 1.22. The predicted octanol–water partition coefficient (Wildman–Crippen LogP) is 0.711. The number of nitro groups is 1. The summed E-state index contributed by atoms with van der Waals surface area (Å²) < 4.78 is 9.63. The molecule has 0 spiro atoms.